The van der Waals surface area contributed by atoms with E-state index in [9.17, 15) is 9.18 Å². The summed E-state index contributed by atoms with van der Waals surface area (Å²) in [6, 6.07) is 3.07. The number of ether oxygens (including phenoxy) is 1. The molecule has 9 nitrogen and oxygen atoms in total. The first-order valence-corrected chi connectivity index (χ1v) is 10.0. The molecule has 11 heteroatoms. The van der Waals surface area contributed by atoms with E-state index >= 15 is 0 Å². The average Bonchev–Trinajstić information content (AvgIpc) is 3.37. The number of fused-ring (bicyclic) bond motifs is 1. The quantitative estimate of drug-likeness (QED) is 0.454. The molecule has 0 saturated carbocycles. The monoisotopic (exact) mass is 433 g/mol. The van der Waals surface area contributed by atoms with Crippen molar-refractivity contribution in [1.29, 1.82) is 0 Å². The van der Waals surface area contributed by atoms with Gasteiger partial charge in [-0.2, -0.15) is 5.10 Å². The lowest BCUT2D eigenvalue weighted by atomic mass is 10.1. The van der Waals surface area contributed by atoms with Crippen molar-refractivity contribution in [1.82, 2.24) is 24.9 Å². The summed E-state index contributed by atoms with van der Waals surface area (Å²) in [7, 11) is 0. The highest BCUT2D eigenvalue weighted by Gasteiger charge is 2.30. The highest BCUT2D eigenvalue weighted by atomic mass is 35.5. The predicted octanol–water partition coefficient (Wildman–Crippen LogP) is 2.70. The number of hydrogen-bond acceptors (Lipinski definition) is 7. The third-order valence-corrected chi connectivity index (χ3v) is 5.23. The van der Waals surface area contributed by atoms with Gasteiger partial charge in [-0.05, 0) is 37.9 Å². The molecule has 1 atom stereocenters. The number of nitrogens with one attached hydrogen (secondary N) is 1. The summed E-state index contributed by atoms with van der Waals surface area (Å²) in [4.78, 5) is 22.6. The summed E-state index contributed by atoms with van der Waals surface area (Å²) in [6.45, 7) is 1.62. The normalized spacial score (nSPS) is 16.2. The molecule has 3 aromatic rings. The highest BCUT2D eigenvalue weighted by molar-refractivity contribution is 6.30. The molecule has 1 aliphatic heterocycles. The zero-order valence-corrected chi connectivity index (χ0v) is 16.8. The third-order valence-electron chi connectivity index (χ3n) is 4.91. The molecule has 0 spiro atoms. The molecule has 0 unspecified atom stereocenters. The van der Waals surface area contributed by atoms with Crippen LogP contribution in [0.1, 0.15) is 30.9 Å². The van der Waals surface area contributed by atoms with Gasteiger partial charge < -0.3 is 20.7 Å². The Balaban J connectivity index is 1.59. The van der Waals surface area contributed by atoms with Crippen LogP contribution in [0.3, 0.4) is 0 Å². The van der Waals surface area contributed by atoms with E-state index in [1.165, 1.54) is 16.8 Å². The molecule has 158 valence electrons. The topological polar surface area (TPSA) is 111 Å². The zero-order chi connectivity index (χ0) is 21.1. The van der Waals surface area contributed by atoms with Crippen molar-refractivity contribution >= 4 is 29.2 Å². The van der Waals surface area contributed by atoms with E-state index in [4.69, 9.17) is 22.1 Å². The number of carbonyl (C=O) groups excluding carboxylic acids is 1. The van der Waals surface area contributed by atoms with Gasteiger partial charge in [0, 0.05) is 24.8 Å². The molecule has 3 aromatic heterocycles. The van der Waals surface area contributed by atoms with Crippen LogP contribution in [0, 0.1) is 5.82 Å². The van der Waals surface area contributed by atoms with Crippen molar-refractivity contribution in [2.45, 2.75) is 25.3 Å². The molecule has 0 bridgehead atoms. The summed E-state index contributed by atoms with van der Waals surface area (Å²) in [6.07, 6.45) is 6.02. The Hall–Kier alpha value is -2.98. The number of amides is 1. The van der Waals surface area contributed by atoms with Crippen LogP contribution in [0.25, 0.3) is 5.65 Å². The molecule has 0 aliphatic carbocycles. The largest absolute Gasteiger partial charge is 0.412 e. The van der Waals surface area contributed by atoms with E-state index < -0.39 is 11.9 Å². The van der Waals surface area contributed by atoms with Gasteiger partial charge in [-0.3, -0.25) is 0 Å². The Morgan fingerprint density at radius 3 is 3.13 bits per heavy atom. The predicted molar refractivity (Wildman–Crippen MR) is 109 cm³/mol. The first-order valence-electron chi connectivity index (χ1n) is 9.64. The van der Waals surface area contributed by atoms with Crippen molar-refractivity contribution in [2.75, 3.05) is 24.5 Å². The summed E-state index contributed by atoms with van der Waals surface area (Å²) in [5.41, 5.74) is 6.44. The lowest BCUT2D eigenvalue weighted by molar-refractivity contribution is 0.201. The fraction of sp³-hybridized carbons (Fsp3) is 0.368. The van der Waals surface area contributed by atoms with Crippen LogP contribution in [0.4, 0.5) is 15.0 Å². The van der Waals surface area contributed by atoms with Crippen molar-refractivity contribution in [3.63, 3.8) is 0 Å². The van der Waals surface area contributed by atoms with Crippen molar-refractivity contribution in [3.8, 4) is 5.75 Å². The van der Waals surface area contributed by atoms with Crippen LogP contribution in [0.2, 0.25) is 5.15 Å². The van der Waals surface area contributed by atoms with Gasteiger partial charge in [0.1, 0.15) is 16.8 Å². The molecular weight excluding hydrogens is 413 g/mol. The maximum Gasteiger partial charge on any atom is 0.412 e. The lowest BCUT2D eigenvalue weighted by Gasteiger charge is -2.26. The van der Waals surface area contributed by atoms with E-state index in [2.05, 4.69) is 20.4 Å². The number of hydrogen-bond donors (Lipinski definition) is 2. The lowest BCUT2D eigenvalue weighted by Crippen LogP contribution is -2.29. The van der Waals surface area contributed by atoms with Gasteiger partial charge in [-0.25, -0.2) is 23.7 Å². The van der Waals surface area contributed by atoms with Crippen molar-refractivity contribution in [3.05, 3.63) is 47.3 Å². The summed E-state index contributed by atoms with van der Waals surface area (Å²) >= 11 is 6.23. The molecule has 4 heterocycles. The Bertz CT molecular complexity index is 1060. The summed E-state index contributed by atoms with van der Waals surface area (Å²) in [5.74, 6) is 0.458. The fourth-order valence-corrected chi connectivity index (χ4v) is 3.76. The Kier molecular flexibility index (Phi) is 5.96. The van der Waals surface area contributed by atoms with Gasteiger partial charge >= 0.3 is 6.09 Å². The second kappa shape index (κ2) is 8.80. The van der Waals surface area contributed by atoms with E-state index in [0.717, 1.165) is 25.6 Å². The zero-order valence-electron chi connectivity index (χ0n) is 16.1. The summed E-state index contributed by atoms with van der Waals surface area (Å²) in [5, 5.41) is 7.07. The standard InChI is InChI=1S/C19H21ClFN7O2/c20-17-13(9-12(21)10-24-17)14-3-1-7-27(14)16-4-8-28-18(26-16)15(11-25-28)30-19(29)23-6-2-5-22/h4,8-11,14H,1-3,5-7,22H2,(H,23,29)/t14-/m1/s1. The number of carbonyl (C=O) groups is 1. The van der Waals surface area contributed by atoms with Crippen molar-refractivity contribution < 1.29 is 13.9 Å². The molecule has 1 amide bonds. The molecule has 0 aromatic carbocycles. The van der Waals surface area contributed by atoms with Crippen LogP contribution >= 0.6 is 11.6 Å². The Morgan fingerprint density at radius 1 is 1.43 bits per heavy atom. The first kappa shape index (κ1) is 20.3. The van der Waals surface area contributed by atoms with Gasteiger partial charge in [-0.1, -0.05) is 11.6 Å². The van der Waals surface area contributed by atoms with E-state index in [1.54, 1.807) is 6.20 Å². The SMILES string of the molecule is NCCCNC(=O)Oc1cnn2ccc(N3CCC[C@@H]3c3cc(F)cnc3Cl)nc12. The molecule has 4 rings (SSSR count). The van der Waals surface area contributed by atoms with E-state index in [1.807, 2.05) is 11.0 Å². The number of pyridine rings is 1. The second-order valence-corrected chi connectivity index (χ2v) is 7.26. The maximum atomic E-state index is 13.8. The van der Waals surface area contributed by atoms with Crippen LogP contribution in [0.15, 0.2) is 30.7 Å². The van der Waals surface area contributed by atoms with Crippen LogP contribution in [0.5, 0.6) is 5.75 Å². The molecule has 1 saturated heterocycles. The van der Waals surface area contributed by atoms with Crippen LogP contribution in [-0.4, -0.2) is 45.3 Å². The minimum Gasteiger partial charge on any atom is -0.405 e. The number of rotatable bonds is 6. The molecule has 30 heavy (non-hydrogen) atoms. The number of halogens is 2. The Labute approximate surface area is 177 Å². The molecule has 0 radical (unpaired) electrons. The number of nitrogens with zero attached hydrogens (tertiary/aromatic N) is 5. The summed E-state index contributed by atoms with van der Waals surface area (Å²) < 4.78 is 20.6. The fourth-order valence-electron chi connectivity index (χ4n) is 3.54. The highest BCUT2D eigenvalue weighted by Crippen LogP contribution is 2.38. The van der Waals surface area contributed by atoms with E-state index in [0.29, 0.717) is 36.5 Å². The Morgan fingerprint density at radius 2 is 2.30 bits per heavy atom. The number of anilines is 1. The van der Waals surface area contributed by atoms with Crippen LogP contribution in [-0.2, 0) is 0 Å². The molecule has 3 N–H and O–H groups in total. The number of nitrogens with two attached hydrogens (primary N) is 1. The van der Waals surface area contributed by atoms with Gasteiger partial charge in [0.25, 0.3) is 0 Å². The molecule has 1 aliphatic rings. The number of aromatic nitrogens is 4. The maximum absolute atomic E-state index is 13.8. The van der Waals surface area contributed by atoms with Gasteiger partial charge in [0.2, 0.25) is 5.65 Å². The van der Waals surface area contributed by atoms with Gasteiger partial charge in [-0.15, -0.1) is 0 Å². The molecule has 1 fully saturated rings. The molecular formula is C19H21ClFN7O2. The van der Waals surface area contributed by atoms with Crippen LogP contribution < -0.4 is 20.7 Å². The van der Waals surface area contributed by atoms with Gasteiger partial charge in [0.05, 0.1) is 18.4 Å². The first-order chi connectivity index (χ1) is 14.6. The second-order valence-electron chi connectivity index (χ2n) is 6.91. The van der Waals surface area contributed by atoms with Crippen molar-refractivity contribution in [2.24, 2.45) is 5.73 Å². The van der Waals surface area contributed by atoms with Gasteiger partial charge in [0.15, 0.2) is 5.75 Å². The minimum atomic E-state index is -0.595. The van der Waals surface area contributed by atoms with E-state index in [-0.39, 0.29) is 16.9 Å². The minimum absolute atomic E-state index is 0.150. The third kappa shape index (κ3) is 4.14. The average molecular weight is 434 g/mol. The smallest absolute Gasteiger partial charge is 0.405 e.